The number of benzene rings is 2. The Morgan fingerprint density at radius 3 is 2.81 bits per heavy atom. The number of likely N-dealkylation sites (tertiary alicyclic amines) is 1. The summed E-state index contributed by atoms with van der Waals surface area (Å²) in [5.74, 6) is 1.21. The normalized spacial score (nSPS) is 17.1. The molecule has 1 fully saturated rings. The molecule has 0 spiro atoms. The molecule has 1 atom stereocenters. The van der Waals surface area contributed by atoms with Gasteiger partial charge in [-0.05, 0) is 38.0 Å². The molecular weight excluding hydrogens is 362 g/mol. The first-order valence-electron chi connectivity index (χ1n) is 9.05. The van der Waals surface area contributed by atoms with E-state index in [9.17, 15) is 4.79 Å². The Kier molecular flexibility index (Phi) is 4.94. The molecule has 2 aromatic carbocycles. The van der Waals surface area contributed by atoms with Crippen LogP contribution in [0.3, 0.4) is 0 Å². The summed E-state index contributed by atoms with van der Waals surface area (Å²) in [6.07, 6.45) is 1.83. The van der Waals surface area contributed by atoms with E-state index in [2.05, 4.69) is 10.1 Å². The fourth-order valence-corrected chi connectivity index (χ4v) is 3.58. The van der Waals surface area contributed by atoms with Crippen molar-refractivity contribution in [3.8, 4) is 11.4 Å². The van der Waals surface area contributed by atoms with Gasteiger partial charge in [0, 0.05) is 29.2 Å². The first kappa shape index (κ1) is 17.7. The SMILES string of the molecule is Cc1ccc(-c2noc([C@H]3CCCN(C(=O)c4cccc(Cl)c4)C3)n2)cc1. The summed E-state index contributed by atoms with van der Waals surface area (Å²) in [7, 11) is 0. The molecule has 0 radical (unpaired) electrons. The van der Waals surface area contributed by atoms with E-state index in [1.54, 1.807) is 24.3 Å². The van der Waals surface area contributed by atoms with Crippen molar-refractivity contribution in [3.63, 3.8) is 0 Å². The van der Waals surface area contributed by atoms with E-state index in [0.717, 1.165) is 24.9 Å². The fourth-order valence-electron chi connectivity index (χ4n) is 3.39. The van der Waals surface area contributed by atoms with Crippen LogP contribution in [0.5, 0.6) is 0 Å². The number of amides is 1. The minimum absolute atomic E-state index is 0.0135. The summed E-state index contributed by atoms with van der Waals surface area (Å²) in [4.78, 5) is 19.2. The van der Waals surface area contributed by atoms with Gasteiger partial charge in [0.05, 0.1) is 5.92 Å². The third kappa shape index (κ3) is 3.88. The molecule has 0 saturated carbocycles. The van der Waals surface area contributed by atoms with Gasteiger partial charge in [-0.15, -0.1) is 0 Å². The number of aromatic nitrogens is 2. The predicted octanol–water partition coefficient (Wildman–Crippen LogP) is 4.72. The highest BCUT2D eigenvalue weighted by Crippen LogP contribution is 2.28. The van der Waals surface area contributed by atoms with Crippen molar-refractivity contribution >= 4 is 17.5 Å². The Labute approximate surface area is 163 Å². The van der Waals surface area contributed by atoms with E-state index in [1.807, 2.05) is 36.1 Å². The Morgan fingerprint density at radius 1 is 1.22 bits per heavy atom. The van der Waals surface area contributed by atoms with Crippen LogP contribution in [-0.4, -0.2) is 34.0 Å². The molecule has 138 valence electrons. The smallest absolute Gasteiger partial charge is 0.253 e. The largest absolute Gasteiger partial charge is 0.339 e. The Hall–Kier alpha value is -2.66. The van der Waals surface area contributed by atoms with Crippen molar-refractivity contribution in [2.75, 3.05) is 13.1 Å². The zero-order valence-corrected chi connectivity index (χ0v) is 15.8. The van der Waals surface area contributed by atoms with Crippen molar-refractivity contribution < 1.29 is 9.32 Å². The number of piperidine rings is 1. The van der Waals surface area contributed by atoms with Crippen molar-refractivity contribution in [1.29, 1.82) is 0 Å². The molecule has 0 aliphatic carbocycles. The molecule has 6 heteroatoms. The molecule has 0 bridgehead atoms. The first-order valence-corrected chi connectivity index (χ1v) is 9.43. The summed E-state index contributed by atoms with van der Waals surface area (Å²) in [6, 6.07) is 15.1. The standard InChI is InChI=1S/C21H20ClN3O2/c1-14-7-9-15(10-8-14)19-23-20(27-24-19)17-5-3-11-25(13-17)21(26)16-4-2-6-18(22)12-16/h2,4,6-10,12,17H,3,5,11,13H2,1H3/t17-/m0/s1. The van der Waals surface area contributed by atoms with E-state index in [4.69, 9.17) is 16.1 Å². The van der Waals surface area contributed by atoms with Crippen LogP contribution in [-0.2, 0) is 0 Å². The van der Waals surface area contributed by atoms with Gasteiger partial charge in [-0.2, -0.15) is 4.98 Å². The lowest BCUT2D eigenvalue weighted by Crippen LogP contribution is -2.39. The number of nitrogens with zero attached hydrogens (tertiary/aromatic N) is 3. The number of carbonyl (C=O) groups is 1. The van der Waals surface area contributed by atoms with Crippen LogP contribution in [0.2, 0.25) is 5.02 Å². The maximum absolute atomic E-state index is 12.8. The third-order valence-corrected chi connectivity index (χ3v) is 5.12. The average molecular weight is 382 g/mol. The molecule has 1 amide bonds. The molecule has 1 aromatic heterocycles. The zero-order chi connectivity index (χ0) is 18.8. The predicted molar refractivity (Wildman–Crippen MR) is 104 cm³/mol. The van der Waals surface area contributed by atoms with Gasteiger partial charge in [-0.25, -0.2) is 0 Å². The highest BCUT2D eigenvalue weighted by Gasteiger charge is 2.29. The summed E-state index contributed by atoms with van der Waals surface area (Å²) in [6.45, 7) is 3.33. The molecule has 27 heavy (non-hydrogen) atoms. The minimum Gasteiger partial charge on any atom is -0.339 e. The van der Waals surface area contributed by atoms with E-state index in [0.29, 0.717) is 28.8 Å². The maximum Gasteiger partial charge on any atom is 0.253 e. The van der Waals surface area contributed by atoms with Gasteiger partial charge in [-0.3, -0.25) is 4.79 Å². The van der Waals surface area contributed by atoms with Gasteiger partial charge in [0.15, 0.2) is 0 Å². The molecule has 1 aliphatic rings. The number of hydrogen-bond acceptors (Lipinski definition) is 4. The summed E-state index contributed by atoms with van der Waals surface area (Å²) in [5.41, 5.74) is 2.72. The molecule has 0 unspecified atom stereocenters. The van der Waals surface area contributed by atoms with E-state index in [1.165, 1.54) is 5.56 Å². The van der Waals surface area contributed by atoms with E-state index in [-0.39, 0.29) is 11.8 Å². The van der Waals surface area contributed by atoms with E-state index < -0.39 is 0 Å². The summed E-state index contributed by atoms with van der Waals surface area (Å²) >= 11 is 6.02. The van der Waals surface area contributed by atoms with Crippen molar-refractivity contribution in [2.24, 2.45) is 0 Å². The van der Waals surface area contributed by atoms with Gasteiger partial charge in [0.25, 0.3) is 5.91 Å². The zero-order valence-electron chi connectivity index (χ0n) is 15.1. The van der Waals surface area contributed by atoms with Crippen molar-refractivity contribution in [2.45, 2.75) is 25.7 Å². The molecule has 1 saturated heterocycles. The lowest BCUT2D eigenvalue weighted by molar-refractivity contribution is 0.0695. The minimum atomic E-state index is -0.0135. The van der Waals surface area contributed by atoms with Gasteiger partial charge in [0.2, 0.25) is 11.7 Å². The van der Waals surface area contributed by atoms with Crippen LogP contribution < -0.4 is 0 Å². The van der Waals surface area contributed by atoms with Crippen LogP contribution in [0.1, 0.15) is 40.6 Å². The monoisotopic (exact) mass is 381 g/mol. The van der Waals surface area contributed by atoms with E-state index >= 15 is 0 Å². The molecule has 4 rings (SSSR count). The van der Waals surface area contributed by atoms with Gasteiger partial charge < -0.3 is 9.42 Å². The quantitative estimate of drug-likeness (QED) is 0.658. The highest BCUT2D eigenvalue weighted by molar-refractivity contribution is 6.30. The Bertz CT molecular complexity index is 952. The molecule has 0 N–H and O–H groups in total. The molecular formula is C21H20ClN3O2. The summed E-state index contributed by atoms with van der Waals surface area (Å²) in [5, 5.41) is 4.69. The van der Waals surface area contributed by atoms with Crippen LogP contribution in [0.4, 0.5) is 0 Å². The Morgan fingerprint density at radius 2 is 2.04 bits per heavy atom. The lowest BCUT2D eigenvalue weighted by atomic mass is 9.97. The maximum atomic E-state index is 12.8. The topological polar surface area (TPSA) is 59.2 Å². The lowest BCUT2D eigenvalue weighted by Gasteiger charge is -2.31. The van der Waals surface area contributed by atoms with Crippen LogP contribution >= 0.6 is 11.6 Å². The van der Waals surface area contributed by atoms with Crippen LogP contribution in [0, 0.1) is 6.92 Å². The highest BCUT2D eigenvalue weighted by atomic mass is 35.5. The number of aryl methyl sites for hydroxylation is 1. The van der Waals surface area contributed by atoms with Gasteiger partial charge >= 0.3 is 0 Å². The molecule has 3 aromatic rings. The summed E-state index contributed by atoms with van der Waals surface area (Å²) < 4.78 is 5.52. The molecule has 1 aliphatic heterocycles. The van der Waals surface area contributed by atoms with Crippen molar-refractivity contribution in [3.05, 3.63) is 70.6 Å². The van der Waals surface area contributed by atoms with Gasteiger partial charge in [-0.1, -0.05) is 52.7 Å². The van der Waals surface area contributed by atoms with Crippen molar-refractivity contribution in [1.82, 2.24) is 15.0 Å². The number of halogens is 1. The second kappa shape index (κ2) is 7.53. The average Bonchev–Trinajstić information content (AvgIpc) is 3.18. The Balaban J connectivity index is 1.50. The van der Waals surface area contributed by atoms with Crippen LogP contribution in [0.15, 0.2) is 53.1 Å². The molecule has 2 heterocycles. The fraction of sp³-hybridized carbons (Fsp3) is 0.286. The van der Waals surface area contributed by atoms with Gasteiger partial charge in [0.1, 0.15) is 0 Å². The number of carbonyl (C=O) groups excluding carboxylic acids is 1. The number of hydrogen-bond donors (Lipinski definition) is 0. The third-order valence-electron chi connectivity index (χ3n) is 4.88. The first-order chi connectivity index (χ1) is 13.1. The second-order valence-corrected chi connectivity index (χ2v) is 7.36. The number of rotatable bonds is 3. The van der Waals surface area contributed by atoms with Crippen LogP contribution in [0.25, 0.3) is 11.4 Å². The second-order valence-electron chi connectivity index (χ2n) is 6.92. The molecule has 5 nitrogen and oxygen atoms in total.